The highest BCUT2D eigenvalue weighted by atomic mass is 32.2. The number of hydrogen-bond donors (Lipinski definition) is 1. The fourth-order valence-corrected chi connectivity index (χ4v) is 4.25. The van der Waals surface area contributed by atoms with Gasteiger partial charge in [-0.05, 0) is 54.1 Å². The standard InChI is InChI=1S/C27H23N5O3S/c33-25(29-22-8-10-23(11-9-22)35-18-20-5-2-1-3-6-20)19-36-27-31-30-26(21-12-14-28-15-13-21)32(27)17-24-7-4-16-34-24/h1-16H,17-19H2,(H,29,33). The van der Waals surface area contributed by atoms with E-state index < -0.39 is 0 Å². The van der Waals surface area contributed by atoms with E-state index in [1.54, 1.807) is 18.7 Å². The van der Waals surface area contributed by atoms with E-state index in [-0.39, 0.29) is 11.7 Å². The molecule has 9 heteroatoms. The normalized spacial score (nSPS) is 10.8. The third-order valence-corrected chi connectivity index (χ3v) is 6.23. The van der Waals surface area contributed by atoms with Crippen LogP contribution in [0.4, 0.5) is 5.69 Å². The van der Waals surface area contributed by atoms with Crippen molar-refractivity contribution in [1.82, 2.24) is 19.7 Å². The van der Waals surface area contributed by atoms with Gasteiger partial charge in [-0.15, -0.1) is 10.2 Å². The van der Waals surface area contributed by atoms with E-state index in [9.17, 15) is 4.79 Å². The average Bonchev–Trinajstić information content (AvgIpc) is 3.59. The van der Waals surface area contributed by atoms with E-state index in [1.807, 2.05) is 83.4 Å². The van der Waals surface area contributed by atoms with Crippen LogP contribution >= 0.6 is 11.8 Å². The lowest BCUT2D eigenvalue weighted by molar-refractivity contribution is -0.113. The fraction of sp³-hybridized carbons (Fsp3) is 0.111. The number of anilines is 1. The molecule has 3 aromatic heterocycles. The lowest BCUT2D eigenvalue weighted by atomic mass is 10.2. The van der Waals surface area contributed by atoms with Crippen LogP contribution in [0.3, 0.4) is 0 Å². The summed E-state index contributed by atoms with van der Waals surface area (Å²) in [6.07, 6.45) is 5.04. The van der Waals surface area contributed by atoms with Crippen molar-refractivity contribution >= 4 is 23.4 Å². The quantitative estimate of drug-likeness (QED) is 0.262. The molecule has 0 spiro atoms. The van der Waals surface area contributed by atoms with Gasteiger partial charge in [-0.2, -0.15) is 0 Å². The molecule has 0 bridgehead atoms. The monoisotopic (exact) mass is 497 g/mol. The number of carbonyl (C=O) groups is 1. The molecule has 5 rings (SSSR count). The number of carbonyl (C=O) groups excluding carboxylic acids is 1. The molecule has 0 saturated carbocycles. The summed E-state index contributed by atoms with van der Waals surface area (Å²) in [5.74, 6) is 2.23. The van der Waals surface area contributed by atoms with Crippen LogP contribution in [0.25, 0.3) is 11.4 Å². The highest BCUT2D eigenvalue weighted by Crippen LogP contribution is 2.25. The van der Waals surface area contributed by atoms with Crippen LogP contribution < -0.4 is 10.1 Å². The summed E-state index contributed by atoms with van der Waals surface area (Å²) in [6.45, 7) is 0.940. The number of nitrogens with zero attached hydrogens (tertiary/aromatic N) is 4. The number of furan rings is 1. The number of pyridine rings is 1. The molecule has 180 valence electrons. The van der Waals surface area contributed by atoms with Gasteiger partial charge < -0.3 is 14.5 Å². The zero-order valence-corrected chi connectivity index (χ0v) is 20.1. The van der Waals surface area contributed by atoms with Gasteiger partial charge in [-0.25, -0.2) is 0 Å². The van der Waals surface area contributed by atoms with E-state index >= 15 is 0 Å². The minimum Gasteiger partial charge on any atom is -0.489 e. The second-order valence-corrected chi connectivity index (χ2v) is 8.79. The number of thioether (sulfide) groups is 1. The molecular formula is C27H23N5O3S. The van der Waals surface area contributed by atoms with E-state index in [0.717, 1.165) is 22.6 Å². The number of ether oxygens (including phenoxy) is 1. The summed E-state index contributed by atoms with van der Waals surface area (Å²) >= 11 is 1.32. The predicted octanol–water partition coefficient (Wildman–Crippen LogP) is 5.29. The minimum atomic E-state index is -0.143. The Morgan fingerprint density at radius 2 is 1.75 bits per heavy atom. The number of nitrogens with one attached hydrogen (secondary N) is 1. The van der Waals surface area contributed by atoms with E-state index in [4.69, 9.17) is 9.15 Å². The van der Waals surface area contributed by atoms with E-state index in [2.05, 4.69) is 20.5 Å². The van der Waals surface area contributed by atoms with Gasteiger partial charge in [0.1, 0.15) is 18.1 Å². The molecule has 5 aromatic rings. The highest BCUT2D eigenvalue weighted by molar-refractivity contribution is 7.99. The maximum Gasteiger partial charge on any atom is 0.234 e. The topological polar surface area (TPSA) is 95.1 Å². The molecule has 0 atom stereocenters. The zero-order chi connectivity index (χ0) is 24.6. The Labute approximate surface area is 212 Å². The van der Waals surface area contributed by atoms with Gasteiger partial charge in [0, 0.05) is 23.6 Å². The van der Waals surface area contributed by atoms with E-state index in [1.165, 1.54) is 11.8 Å². The van der Waals surface area contributed by atoms with Gasteiger partial charge in [0.25, 0.3) is 0 Å². The molecular weight excluding hydrogens is 474 g/mol. The van der Waals surface area contributed by atoms with Crippen LogP contribution in [0.2, 0.25) is 0 Å². The van der Waals surface area contributed by atoms with Crippen molar-refractivity contribution in [2.75, 3.05) is 11.1 Å². The Balaban J connectivity index is 1.20. The second kappa shape index (κ2) is 11.4. The Bertz CT molecular complexity index is 1390. The lowest BCUT2D eigenvalue weighted by Crippen LogP contribution is -2.14. The zero-order valence-electron chi connectivity index (χ0n) is 19.3. The van der Waals surface area contributed by atoms with Gasteiger partial charge >= 0.3 is 0 Å². The van der Waals surface area contributed by atoms with Gasteiger partial charge in [0.05, 0.1) is 18.6 Å². The summed E-state index contributed by atoms with van der Waals surface area (Å²) in [4.78, 5) is 16.7. The third-order valence-electron chi connectivity index (χ3n) is 5.27. The number of hydrogen-bond acceptors (Lipinski definition) is 7. The first-order valence-electron chi connectivity index (χ1n) is 11.3. The molecule has 0 fully saturated rings. The lowest BCUT2D eigenvalue weighted by Gasteiger charge is -2.10. The molecule has 1 amide bonds. The molecule has 3 heterocycles. The molecule has 1 N–H and O–H groups in total. The van der Waals surface area contributed by atoms with Crippen LogP contribution in [0.15, 0.2) is 107 Å². The Morgan fingerprint density at radius 1 is 0.944 bits per heavy atom. The SMILES string of the molecule is O=C(CSc1nnc(-c2ccncc2)n1Cc1ccco1)Nc1ccc(OCc2ccccc2)cc1. The first kappa shape index (κ1) is 23.4. The van der Waals surface area contributed by atoms with Crippen molar-refractivity contribution in [1.29, 1.82) is 0 Å². The average molecular weight is 498 g/mol. The molecule has 8 nitrogen and oxygen atoms in total. The summed E-state index contributed by atoms with van der Waals surface area (Å²) in [6, 6.07) is 24.8. The van der Waals surface area contributed by atoms with Crippen LogP contribution in [-0.4, -0.2) is 31.4 Å². The van der Waals surface area contributed by atoms with Crippen molar-refractivity contribution < 1.29 is 13.9 Å². The van der Waals surface area contributed by atoms with Gasteiger partial charge in [0.15, 0.2) is 11.0 Å². The molecule has 0 aliphatic rings. The van der Waals surface area contributed by atoms with Gasteiger partial charge in [-0.1, -0.05) is 42.1 Å². The van der Waals surface area contributed by atoms with Crippen molar-refractivity contribution in [2.45, 2.75) is 18.3 Å². The van der Waals surface area contributed by atoms with Crippen LogP contribution in [0, 0.1) is 0 Å². The van der Waals surface area contributed by atoms with Crippen molar-refractivity contribution in [2.24, 2.45) is 0 Å². The number of rotatable bonds is 10. The van der Waals surface area contributed by atoms with Gasteiger partial charge in [-0.3, -0.25) is 14.3 Å². The number of amides is 1. The molecule has 0 aliphatic heterocycles. The largest absolute Gasteiger partial charge is 0.489 e. The van der Waals surface area contributed by atoms with Crippen molar-refractivity contribution in [3.63, 3.8) is 0 Å². The first-order valence-corrected chi connectivity index (χ1v) is 12.3. The fourth-order valence-electron chi connectivity index (χ4n) is 3.51. The first-order chi connectivity index (χ1) is 17.7. The van der Waals surface area contributed by atoms with Crippen LogP contribution in [0.5, 0.6) is 5.75 Å². The Kier molecular flexibility index (Phi) is 7.38. The summed E-state index contributed by atoms with van der Waals surface area (Å²) in [7, 11) is 0. The van der Waals surface area contributed by atoms with E-state index in [0.29, 0.717) is 29.8 Å². The maximum atomic E-state index is 12.6. The third kappa shape index (κ3) is 6.00. The Morgan fingerprint density at radius 3 is 2.50 bits per heavy atom. The van der Waals surface area contributed by atoms with Crippen molar-refractivity contribution in [3.8, 4) is 17.1 Å². The summed E-state index contributed by atoms with van der Waals surface area (Å²) < 4.78 is 13.3. The highest BCUT2D eigenvalue weighted by Gasteiger charge is 2.17. The predicted molar refractivity (Wildman–Crippen MR) is 138 cm³/mol. The maximum absolute atomic E-state index is 12.6. The van der Waals surface area contributed by atoms with Crippen molar-refractivity contribution in [3.05, 3.63) is 109 Å². The molecule has 2 aromatic carbocycles. The molecule has 0 aliphatic carbocycles. The molecule has 0 unspecified atom stereocenters. The molecule has 0 saturated heterocycles. The summed E-state index contributed by atoms with van der Waals surface area (Å²) in [5, 5.41) is 12.2. The van der Waals surface area contributed by atoms with Gasteiger partial charge in [0.2, 0.25) is 5.91 Å². The molecule has 0 radical (unpaired) electrons. The minimum absolute atomic E-state index is 0.143. The number of aromatic nitrogens is 4. The molecule has 36 heavy (non-hydrogen) atoms. The van der Waals surface area contributed by atoms with Crippen LogP contribution in [0.1, 0.15) is 11.3 Å². The second-order valence-electron chi connectivity index (χ2n) is 7.84. The smallest absolute Gasteiger partial charge is 0.234 e. The number of benzene rings is 2. The van der Waals surface area contributed by atoms with Crippen LogP contribution in [-0.2, 0) is 17.9 Å². The Hall–Kier alpha value is -4.37. The summed E-state index contributed by atoms with van der Waals surface area (Å²) in [5.41, 5.74) is 2.68.